The molecule has 1 amide bonds. The minimum Gasteiger partial charge on any atom is -0.484 e. The molecule has 1 heterocycles. The van der Waals surface area contributed by atoms with Gasteiger partial charge in [-0.25, -0.2) is 9.97 Å². The second-order valence-corrected chi connectivity index (χ2v) is 7.92. The number of hydrogen-bond acceptors (Lipinski definition) is 5. The predicted octanol–water partition coefficient (Wildman–Crippen LogP) is 5.83. The number of amides is 1. The summed E-state index contributed by atoms with van der Waals surface area (Å²) in [6.07, 6.45) is 0. The van der Waals surface area contributed by atoms with Gasteiger partial charge in [0, 0.05) is 23.0 Å². The lowest BCUT2D eigenvalue weighted by molar-refractivity contribution is -0.118. The van der Waals surface area contributed by atoms with Gasteiger partial charge in [0.05, 0.1) is 5.69 Å². The molecule has 0 fully saturated rings. The minimum absolute atomic E-state index is 0.0634. The average molecular weight is 439 g/mol. The summed E-state index contributed by atoms with van der Waals surface area (Å²) in [5.74, 6) is 1.82. The highest BCUT2D eigenvalue weighted by atomic mass is 16.5. The van der Waals surface area contributed by atoms with Gasteiger partial charge in [-0.15, -0.1) is 0 Å². The van der Waals surface area contributed by atoms with E-state index in [-0.39, 0.29) is 12.5 Å². The summed E-state index contributed by atoms with van der Waals surface area (Å²) >= 11 is 0. The summed E-state index contributed by atoms with van der Waals surface area (Å²) in [4.78, 5) is 21.4. The fourth-order valence-corrected chi connectivity index (χ4v) is 3.57. The van der Waals surface area contributed by atoms with Gasteiger partial charge in [0.25, 0.3) is 5.91 Å². The molecule has 0 saturated heterocycles. The van der Waals surface area contributed by atoms with E-state index in [1.54, 1.807) is 0 Å². The largest absolute Gasteiger partial charge is 0.484 e. The van der Waals surface area contributed by atoms with E-state index >= 15 is 0 Å². The quantitative estimate of drug-likeness (QED) is 0.380. The van der Waals surface area contributed by atoms with Crippen molar-refractivity contribution >= 4 is 23.1 Å². The van der Waals surface area contributed by atoms with Gasteiger partial charge in [-0.2, -0.15) is 0 Å². The van der Waals surface area contributed by atoms with E-state index in [0.29, 0.717) is 23.1 Å². The number of carbonyl (C=O) groups is 1. The van der Waals surface area contributed by atoms with Crippen LogP contribution in [0.2, 0.25) is 0 Å². The van der Waals surface area contributed by atoms with Crippen molar-refractivity contribution in [1.82, 2.24) is 9.97 Å². The molecule has 3 aromatic carbocycles. The first kappa shape index (κ1) is 22.0. The van der Waals surface area contributed by atoms with Gasteiger partial charge in [0.1, 0.15) is 17.4 Å². The number of carbonyl (C=O) groups excluding carboxylic acids is 1. The molecule has 0 aliphatic rings. The first-order valence-electron chi connectivity index (χ1n) is 10.7. The second kappa shape index (κ2) is 9.96. The topological polar surface area (TPSA) is 76.1 Å². The zero-order valence-corrected chi connectivity index (χ0v) is 18.9. The Balaban J connectivity index is 1.42. The summed E-state index contributed by atoms with van der Waals surface area (Å²) < 4.78 is 5.65. The van der Waals surface area contributed by atoms with Crippen LogP contribution in [0.3, 0.4) is 0 Å². The predicted molar refractivity (Wildman–Crippen MR) is 132 cm³/mol. The van der Waals surface area contributed by atoms with Crippen LogP contribution in [-0.4, -0.2) is 22.5 Å². The molecule has 0 aliphatic carbocycles. The maximum atomic E-state index is 12.4. The molecule has 0 unspecified atom stereocenters. The molecular formula is C27H26N4O2. The van der Waals surface area contributed by atoms with Crippen LogP contribution in [0.4, 0.5) is 17.2 Å². The second-order valence-electron chi connectivity index (χ2n) is 7.92. The maximum absolute atomic E-state index is 12.4. The number of hydrogen-bond donors (Lipinski definition) is 2. The average Bonchev–Trinajstić information content (AvgIpc) is 2.77. The molecule has 2 N–H and O–H groups in total. The minimum atomic E-state index is -0.226. The van der Waals surface area contributed by atoms with Crippen molar-refractivity contribution < 1.29 is 9.53 Å². The molecule has 6 nitrogen and oxygen atoms in total. The summed E-state index contributed by atoms with van der Waals surface area (Å²) in [6.45, 7) is 5.80. The van der Waals surface area contributed by atoms with Crippen molar-refractivity contribution in [3.05, 3.63) is 95.8 Å². The van der Waals surface area contributed by atoms with Gasteiger partial charge < -0.3 is 15.4 Å². The van der Waals surface area contributed by atoms with Crippen molar-refractivity contribution in [3.63, 3.8) is 0 Å². The van der Waals surface area contributed by atoms with E-state index in [1.165, 1.54) is 0 Å². The van der Waals surface area contributed by atoms with Crippen LogP contribution in [0.5, 0.6) is 5.75 Å². The smallest absolute Gasteiger partial charge is 0.262 e. The maximum Gasteiger partial charge on any atom is 0.262 e. The van der Waals surface area contributed by atoms with Crippen molar-refractivity contribution in [2.45, 2.75) is 20.8 Å². The van der Waals surface area contributed by atoms with Crippen LogP contribution >= 0.6 is 0 Å². The number of benzene rings is 3. The summed E-state index contributed by atoms with van der Waals surface area (Å²) in [5.41, 5.74) is 5.54. The number of aryl methyl sites for hydroxylation is 3. The van der Waals surface area contributed by atoms with E-state index in [4.69, 9.17) is 4.74 Å². The molecule has 0 bridgehead atoms. The van der Waals surface area contributed by atoms with Crippen LogP contribution in [0.15, 0.2) is 78.9 Å². The van der Waals surface area contributed by atoms with Gasteiger partial charge in [-0.3, -0.25) is 4.79 Å². The molecule has 4 rings (SSSR count). The molecule has 0 radical (unpaired) electrons. The fraction of sp³-hybridized carbons (Fsp3) is 0.148. The summed E-state index contributed by atoms with van der Waals surface area (Å²) in [5, 5.41) is 6.18. The third-order valence-electron chi connectivity index (χ3n) is 4.89. The summed E-state index contributed by atoms with van der Waals surface area (Å²) in [6, 6.07) is 25.2. The van der Waals surface area contributed by atoms with Crippen LogP contribution in [0.1, 0.15) is 17.0 Å². The molecule has 0 aliphatic heterocycles. The fourth-order valence-electron chi connectivity index (χ4n) is 3.57. The highest BCUT2D eigenvalue weighted by Gasteiger charge is 2.08. The van der Waals surface area contributed by atoms with Crippen LogP contribution in [0.25, 0.3) is 11.3 Å². The van der Waals surface area contributed by atoms with Crippen LogP contribution in [-0.2, 0) is 4.79 Å². The first-order valence-corrected chi connectivity index (χ1v) is 10.7. The van der Waals surface area contributed by atoms with Crippen molar-refractivity contribution in [3.8, 4) is 17.0 Å². The number of nitrogens with zero attached hydrogens (tertiary/aromatic N) is 2. The lowest BCUT2D eigenvalue weighted by Crippen LogP contribution is -2.20. The first-order chi connectivity index (χ1) is 15.9. The molecule has 166 valence electrons. The van der Waals surface area contributed by atoms with Crippen LogP contribution < -0.4 is 15.4 Å². The molecule has 0 atom stereocenters. The highest BCUT2D eigenvalue weighted by molar-refractivity contribution is 5.92. The third kappa shape index (κ3) is 6.17. The van der Waals surface area contributed by atoms with Gasteiger partial charge >= 0.3 is 0 Å². The lowest BCUT2D eigenvalue weighted by atomic mass is 10.1. The monoisotopic (exact) mass is 438 g/mol. The Bertz CT molecular complexity index is 1250. The van der Waals surface area contributed by atoms with Crippen LogP contribution in [0, 0.1) is 20.8 Å². The Morgan fingerprint density at radius 1 is 0.818 bits per heavy atom. The number of ether oxygens (including phenoxy) is 1. The Kier molecular flexibility index (Phi) is 6.64. The number of anilines is 3. The Morgan fingerprint density at radius 3 is 2.30 bits per heavy atom. The van der Waals surface area contributed by atoms with Crippen molar-refractivity contribution in [2.24, 2.45) is 0 Å². The third-order valence-corrected chi connectivity index (χ3v) is 4.89. The van der Waals surface area contributed by atoms with Crippen molar-refractivity contribution in [1.29, 1.82) is 0 Å². The molecule has 0 saturated carbocycles. The lowest BCUT2D eigenvalue weighted by Gasteiger charge is -2.12. The Labute approximate surface area is 193 Å². The number of aromatic nitrogens is 2. The normalized spacial score (nSPS) is 10.5. The van der Waals surface area contributed by atoms with Gasteiger partial charge in [-0.05, 0) is 62.2 Å². The zero-order chi connectivity index (χ0) is 23.2. The molecular weight excluding hydrogens is 412 g/mol. The van der Waals surface area contributed by atoms with E-state index in [9.17, 15) is 4.79 Å². The van der Waals surface area contributed by atoms with Crippen molar-refractivity contribution in [2.75, 3.05) is 17.2 Å². The zero-order valence-electron chi connectivity index (χ0n) is 18.9. The highest BCUT2D eigenvalue weighted by Crippen LogP contribution is 2.23. The van der Waals surface area contributed by atoms with Gasteiger partial charge in [0.15, 0.2) is 6.61 Å². The Morgan fingerprint density at radius 2 is 1.55 bits per heavy atom. The van der Waals surface area contributed by atoms with E-state index in [2.05, 4.69) is 26.7 Å². The molecule has 1 aromatic heterocycles. The van der Waals surface area contributed by atoms with Gasteiger partial charge in [0.2, 0.25) is 0 Å². The molecule has 4 aromatic rings. The van der Waals surface area contributed by atoms with Gasteiger partial charge in [-0.1, -0.05) is 42.5 Å². The van der Waals surface area contributed by atoms with E-state index in [1.807, 2.05) is 93.6 Å². The molecule has 33 heavy (non-hydrogen) atoms. The number of rotatable bonds is 7. The number of nitrogens with one attached hydrogen (secondary N) is 2. The Hall–Kier alpha value is -4.19. The molecule has 6 heteroatoms. The SMILES string of the molecule is Cc1cc(C)cc(OCC(=O)Nc2cccc(Nc3cc(-c4ccccc4)nc(C)n3)c2)c1. The molecule has 0 spiro atoms. The van der Waals surface area contributed by atoms with E-state index in [0.717, 1.165) is 28.1 Å². The summed E-state index contributed by atoms with van der Waals surface area (Å²) in [7, 11) is 0. The van der Waals surface area contributed by atoms with E-state index < -0.39 is 0 Å². The standard InChI is InChI=1S/C27H26N4O2/c1-18-12-19(2)14-24(13-18)33-17-27(32)31-23-11-7-10-22(15-23)30-26-16-25(28-20(3)29-26)21-8-5-4-6-9-21/h4-16H,17H2,1-3H3,(H,31,32)(H,28,29,30).